The van der Waals surface area contributed by atoms with Gasteiger partial charge in [-0.3, -0.25) is 4.79 Å². The maximum absolute atomic E-state index is 12.8. The van der Waals surface area contributed by atoms with Crippen molar-refractivity contribution in [3.8, 4) is 11.5 Å². The van der Waals surface area contributed by atoms with Crippen LogP contribution in [0.25, 0.3) is 6.08 Å². The Bertz CT molecular complexity index is 1470. The Balaban J connectivity index is 1.62. The fourth-order valence-corrected chi connectivity index (χ4v) is 5.72. The zero-order valence-corrected chi connectivity index (χ0v) is 23.1. The van der Waals surface area contributed by atoms with E-state index in [0.717, 1.165) is 5.56 Å². The third kappa shape index (κ3) is 6.31. The van der Waals surface area contributed by atoms with Gasteiger partial charge < -0.3 is 14.2 Å². The molecule has 0 atom stereocenters. The first kappa shape index (κ1) is 26.3. The molecule has 11 heteroatoms. The molecule has 0 bridgehead atoms. The van der Waals surface area contributed by atoms with Crippen LogP contribution in [0.1, 0.15) is 18.1 Å². The molecule has 4 rings (SSSR count). The highest BCUT2D eigenvalue weighted by atomic mass is 79.9. The Morgan fingerprint density at radius 2 is 1.81 bits per heavy atom. The number of thioether (sulfide) groups is 1. The number of halogens is 2. The molecule has 0 spiro atoms. The summed E-state index contributed by atoms with van der Waals surface area (Å²) in [6.07, 6.45) is 1.66. The van der Waals surface area contributed by atoms with Gasteiger partial charge in [-0.1, -0.05) is 29.3 Å². The first-order valence-electron chi connectivity index (χ1n) is 10.7. The minimum absolute atomic E-state index is 0.0214. The number of benzene rings is 3. The predicted octanol–water partition coefficient (Wildman–Crippen LogP) is 6.47. The number of nitrogens with one attached hydrogen (secondary N) is 1. The lowest BCUT2D eigenvalue weighted by Gasteiger charge is -2.14. The number of hydrogen-bond donors (Lipinski definition) is 1. The van der Waals surface area contributed by atoms with Crippen molar-refractivity contribution >= 4 is 72.2 Å². The molecule has 1 aliphatic heterocycles. The summed E-state index contributed by atoms with van der Waals surface area (Å²) < 4.78 is 37.2. The lowest BCUT2D eigenvalue weighted by Crippen LogP contribution is -2.19. The summed E-state index contributed by atoms with van der Waals surface area (Å²) in [4.78, 5) is 17.4. The number of aryl methyl sites for hydroxylation is 1. The van der Waals surface area contributed by atoms with Crippen LogP contribution < -0.4 is 14.2 Å². The SMILES string of the molecule is CCOc1cc(/C=C2\SC(=Nc3ccc(Cl)cc3)NC2=O)cc(Br)c1OS(=O)(=O)c1ccc(C)cc1. The highest BCUT2D eigenvalue weighted by Gasteiger charge is 2.25. The van der Waals surface area contributed by atoms with Gasteiger partial charge in [-0.05, 0) is 102 Å². The number of amides is 1. The number of rotatable bonds is 7. The summed E-state index contributed by atoms with van der Waals surface area (Å²) in [5.41, 5.74) is 2.19. The summed E-state index contributed by atoms with van der Waals surface area (Å²) >= 11 is 10.5. The van der Waals surface area contributed by atoms with E-state index in [9.17, 15) is 13.2 Å². The van der Waals surface area contributed by atoms with Gasteiger partial charge in [0.25, 0.3) is 5.91 Å². The Kier molecular flexibility index (Phi) is 8.09. The van der Waals surface area contributed by atoms with Gasteiger partial charge >= 0.3 is 10.1 Å². The number of hydrogen-bond acceptors (Lipinski definition) is 7. The highest BCUT2D eigenvalue weighted by Crippen LogP contribution is 2.40. The molecule has 36 heavy (non-hydrogen) atoms. The van der Waals surface area contributed by atoms with Crippen LogP contribution >= 0.6 is 39.3 Å². The van der Waals surface area contributed by atoms with Crippen molar-refractivity contribution < 1.29 is 22.1 Å². The van der Waals surface area contributed by atoms with Crippen molar-refractivity contribution in [2.45, 2.75) is 18.7 Å². The number of carbonyl (C=O) groups is 1. The third-order valence-electron chi connectivity index (χ3n) is 4.84. The number of ether oxygens (including phenoxy) is 1. The second-order valence-electron chi connectivity index (χ2n) is 7.57. The maximum atomic E-state index is 12.8. The topological polar surface area (TPSA) is 94.1 Å². The summed E-state index contributed by atoms with van der Waals surface area (Å²) in [5, 5.41) is 3.76. The van der Waals surface area contributed by atoms with Crippen LogP contribution in [-0.4, -0.2) is 26.1 Å². The molecule has 1 heterocycles. The van der Waals surface area contributed by atoms with E-state index in [-0.39, 0.29) is 28.9 Å². The fourth-order valence-electron chi connectivity index (χ4n) is 3.14. The fraction of sp³-hybridized carbons (Fsp3) is 0.120. The minimum Gasteiger partial charge on any atom is -0.490 e. The molecule has 1 N–H and O–H groups in total. The van der Waals surface area contributed by atoms with E-state index >= 15 is 0 Å². The average molecular weight is 608 g/mol. The molecule has 1 saturated heterocycles. The van der Waals surface area contributed by atoms with Gasteiger partial charge in [-0.15, -0.1) is 0 Å². The summed E-state index contributed by atoms with van der Waals surface area (Å²) in [5.74, 6) is -0.0648. The maximum Gasteiger partial charge on any atom is 0.339 e. The molecule has 3 aromatic carbocycles. The third-order valence-corrected chi connectivity index (χ3v) is 7.83. The van der Waals surface area contributed by atoms with E-state index in [4.69, 9.17) is 20.5 Å². The summed E-state index contributed by atoms with van der Waals surface area (Å²) in [6, 6.07) is 16.5. The average Bonchev–Trinajstić information content (AvgIpc) is 3.16. The van der Waals surface area contributed by atoms with E-state index in [1.807, 2.05) is 6.92 Å². The van der Waals surface area contributed by atoms with Gasteiger partial charge in [-0.25, -0.2) is 4.99 Å². The van der Waals surface area contributed by atoms with Crippen molar-refractivity contribution in [1.82, 2.24) is 5.32 Å². The number of nitrogens with zero attached hydrogens (tertiary/aromatic N) is 1. The first-order chi connectivity index (χ1) is 17.1. The van der Waals surface area contributed by atoms with Crippen molar-refractivity contribution in [3.63, 3.8) is 0 Å². The van der Waals surface area contributed by atoms with Crippen LogP contribution in [0.2, 0.25) is 5.02 Å². The van der Waals surface area contributed by atoms with Crippen molar-refractivity contribution in [1.29, 1.82) is 0 Å². The van der Waals surface area contributed by atoms with E-state index in [2.05, 4.69) is 26.2 Å². The molecular weight excluding hydrogens is 588 g/mol. The van der Waals surface area contributed by atoms with Gasteiger partial charge in [0.2, 0.25) is 0 Å². The molecule has 1 fully saturated rings. The standard InChI is InChI=1S/C25H20BrClN2O5S2/c1-3-33-21-13-16(12-20(26)23(21)34-36(31,32)19-10-4-15(2)5-11-19)14-22-24(30)29-25(35-22)28-18-8-6-17(27)7-9-18/h4-14H,3H2,1-2H3,(H,28,29,30)/b22-14-. The van der Waals surface area contributed by atoms with Gasteiger partial charge in [0.05, 0.1) is 21.7 Å². The van der Waals surface area contributed by atoms with Gasteiger partial charge in [0.1, 0.15) is 4.90 Å². The second kappa shape index (κ2) is 11.1. The molecule has 0 aliphatic carbocycles. The minimum atomic E-state index is -4.09. The number of amidine groups is 1. The zero-order valence-electron chi connectivity index (χ0n) is 19.1. The molecule has 3 aromatic rings. The lowest BCUT2D eigenvalue weighted by atomic mass is 10.2. The van der Waals surface area contributed by atoms with Crippen LogP contribution in [0, 0.1) is 6.92 Å². The summed E-state index contributed by atoms with van der Waals surface area (Å²) in [7, 11) is -4.09. The van der Waals surface area contributed by atoms with Crippen molar-refractivity contribution in [2.24, 2.45) is 4.99 Å². The van der Waals surface area contributed by atoms with Crippen LogP contribution in [0.3, 0.4) is 0 Å². The molecule has 0 aromatic heterocycles. The zero-order chi connectivity index (χ0) is 25.9. The van der Waals surface area contributed by atoms with E-state index in [1.54, 1.807) is 61.5 Å². The number of aliphatic imine (C=N–C) groups is 1. The van der Waals surface area contributed by atoms with E-state index in [0.29, 0.717) is 30.8 Å². The monoisotopic (exact) mass is 606 g/mol. The van der Waals surface area contributed by atoms with E-state index in [1.165, 1.54) is 23.9 Å². The first-order valence-corrected chi connectivity index (χ1v) is 14.1. The predicted molar refractivity (Wildman–Crippen MR) is 147 cm³/mol. The van der Waals surface area contributed by atoms with Crippen molar-refractivity contribution in [3.05, 3.63) is 86.2 Å². The lowest BCUT2D eigenvalue weighted by molar-refractivity contribution is -0.115. The van der Waals surface area contributed by atoms with Gasteiger partial charge in [0, 0.05) is 5.02 Å². The Hall–Kier alpha value is -2.79. The van der Waals surface area contributed by atoms with Gasteiger partial charge in [-0.2, -0.15) is 8.42 Å². The quantitative estimate of drug-likeness (QED) is 0.244. The Morgan fingerprint density at radius 3 is 2.47 bits per heavy atom. The second-order valence-corrected chi connectivity index (χ2v) is 11.4. The molecule has 0 unspecified atom stereocenters. The molecule has 1 amide bonds. The molecule has 0 radical (unpaired) electrons. The molecule has 1 aliphatic rings. The van der Waals surface area contributed by atoms with Gasteiger partial charge in [0.15, 0.2) is 16.7 Å². The highest BCUT2D eigenvalue weighted by molar-refractivity contribution is 9.10. The molecule has 186 valence electrons. The van der Waals surface area contributed by atoms with Crippen molar-refractivity contribution in [2.75, 3.05) is 6.61 Å². The molecular formula is C25H20BrClN2O5S2. The molecule has 0 saturated carbocycles. The summed E-state index contributed by atoms with van der Waals surface area (Å²) in [6.45, 7) is 3.92. The Morgan fingerprint density at radius 1 is 1.11 bits per heavy atom. The molecule has 7 nitrogen and oxygen atoms in total. The smallest absolute Gasteiger partial charge is 0.339 e. The number of carbonyl (C=O) groups excluding carboxylic acids is 1. The Labute approximate surface area is 226 Å². The van der Waals surface area contributed by atoms with Crippen LogP contribution in [0.5, 0.6) is 11.5 Å². The largest absolute Gasteiger partial charge is 0.490 e. The van der Waals surface area contributed by atoms with Crippen LogP contribution in [0.15, 0.2) is 79.9 Å². The van der Waals surface area contributed by atoms with Crippen LogP contribution in [0.4, 0.5) is 5.69 Å². The van der Waals surface area contributed by atoms with E-state index < -0.39 is 10.1 Å². The normalized spacial score (nSPS) is 15.8. The van der Waals surface area contributed by atoms with Crippen LogP contribution in [-0.2, 0) is 14.9 Å².